The molecule has 1 fully saturated rings. The van der Waals surface area contributed by atoms with Crippen molar-refractivity contribution in [2.45, 2.75) is 34.1 Å². The van der Waals surface area contributed by atoms with Crippen molar-refractivity contribution in [2.24, 2.45) is 5.73 Å². The summed E-state index contributed by atoms with van der Waals surface area (Å²) in [5.74, 6) is 0.247. The van der Waals surface area contributed by atoms with Gasteiger partial charge in [-0.3, -0.25) is 4.79 Å². The van der Waals surface area contributed by atoms with Crippen LogP contribution in [0.1, 0.15) is 50.3 Å². The number of amides is 1. The quantitative estimate of drug-likeness (QED) is 0.753. The maximum atomic E-state index is 11.8. The van der Waals surface area contributed by atoms with E-state index in [-0.39, 0.29) is 5.69 Å². The van der Waals surface area contributed by atoms with Crippen molar-refractivity contribution in [3.63, 3.8) is 0 Å². The van der Waals surface area contributed by atoms with Gasteiger partial charge in [-0.15, -0.1) is 0 Å². The molecule has 0 atom stereocenters. The Morgan fingerprint density at radius 2 is 1.97 bits per heavy atom. The van der Waals surface area contributed by atoms with E-state index in [0.717, 1.165) is 36.6 Å². The third-order valence-corrected chi connectivity index (χ3v) is 4.29. The SMILES string of the molecule is CC.C\C=C/C(=C\C=C\CC)c1cc2nc(C(N)=O)cc(N3CCOCC3)n2n1. The van der Waals surface area contributed by atoms with Gasteiger partial charge in [0.1, 0.15) is 11.5 Å². The second kappa shape index (κ2) is 11.2. The van der Waals surface area contributed by atoms with E-state index in [2.05, 4.69) is 22.9 Å². The molecule has 29 heavy (non-hydrogen) atoms. The van der Waals surface area contributed by atoms with Gasteiger partial charge in [0, 0.05) is 30.8 Å². The zero-order valence-corrected chi connectivity index (χ0v) is 17.8. The van der Waals surface area contributed by atoms with Crippen LogP contribution in [0.4, 0.5) is 5.82 Å². The van der Waals surface area contributed by atoms with Gasteiger partial charge in [0.2, 0.25) is 0 Å². The number of anilines is 1. The molecule has 1 aliphatic heterocycles. The number of nitrogens with two attached hydrogens (primary N) is 1. The summed E-state index contributed by atoms with van der Waals surface area (Å²) in [6.45, 7) is 10.8. The number of aromatic nitrogens is 3. The first kappa shape index (κ1) is 22.4. The molecule has 7 nitrogen and oxygen atoms in total. The van der Waals surface area contributed by atoms with Crippen LogP contribution in [0.3, 0.4) is 0 Å². The largest absolute Gasteiger partial charge is 0.378 e. The first-order valence-corrected chi connectivity index (χ1v) is 10.2. The summed E-state index contributed by atoms with van der Waals surface area (Å²) in [6, 6.07) is 3.58. The number of morpholine rings is 1. The van der Waals surface area contributed by atoms with Crippen LogP contribution < -0.4 is 10.6 Å². The van der Waals surface area contributed by atoms with Crippen LogP contribution in [-0.4, -0.2) is 46.8 Å². The lowest BCUT2D eigenvalue weighted by atomic mass is 10.1. The third kappa shape index (κ3) is 5.54. The number of carbonyl (C=O) groups is 1. The van der Waals surface area contributed by atoms with Gasteiger partial charge in [-0.25, -0.2) is 4.98 Å². The average Bonchev–Trinajstić information content (AvgIpc) is 3.18. The smallest absolute Gasteiger partial charge is 0.267 e. The van der Waals surface area contributed by atoms with Gasteiger partial charge >= 0.3 is 0 Å². The van der Waals surface area contributed by atoms with E-state index in [1.807, 2.05) is 51.1 Å². The molecule has 1 aliphatic rings. The second-order valence-corrected chi connectivity index (χ2v) is 6.22. The fourth-order valence-corrected chi connectivity index (χ4v) is 2.96. The summed E-state index contributed by atoms with van der Waals surface area (Å²) >= 11 is 0. The maximum absolute atomic E-state index is 11.8. The van der Waals surface area contributed by atoms with Crippen LogP contribution in [0, 0.1) is 0 Å². The summed E-state index contributed by atoms with van der Waals surface area (Å²) < 4.78 is 7.21. The first-order chi connectivity index (χ1) is 14.1. The predicted octanol–water partition coefficient (Wildman–Crippen LogP) is 3.62. The number of carbonyl (C=O) groups excluding carboxylic acids is 1. The fourth-order valence-electron chi connectivity index (χ4n) is 2.96. The molecule has 0 unspecified atom stereocenters. The standard InChI is InChI=1S/C20H25N5O2.C2H6/c1-3-5-6-8-15(7-4-2)16-13-18-22-17(20(21)26)14-19(25(18)23-16)24-9-11-27-12-10-24;1-2/h4-8,13-14H,3,9-12H2,1-2H3,(H2,21,26);1-2H3/b6-5+,7-4-,15-8+;. The molecular weight excluding hydrogens is 366 g/mol. The Morgan fingerprint density at radius 3 is 2.59 bits per heavy atom. The molecule has 7 heteroatoms. The van der Waals surface area contributed by atoms with Crippen LogP contribution in [0.25, 0.3) is 11.2 Å². The van der Waals surface area contributed by atoms with Crippen LogP contribution >= 0.6 is 0 Å². The van der Waals surface area contributed by atoms with E-state index in [4.69, 9.17) is 15.6 Å². The molecule has 0 saturated carbocycles. The number of nitrogens with zero attached hydrogens (tertiary/aromatic N) is 4. The topological polar surface area (TPSA) is 85.8 Å². The number of ether oxygens (including phenoxy) is 1. The Labute approximate surface area is 172 Å². The lowest BCUT2D eigenvalue weighted by Gasteiger charge is -2.29. The van der Waals surface area contributed by atoms with E-state index in [1.165, 1.54) is 0 Å². The highest BCUT2D eigenvalue weighted by atomic mass is 16.5. The van der Waals surface area contributed by atoms with E-state index in [9.17, 15) is 4.79 Å². The van der Waals surface area contributed by atoms with Crippen molar-refractivity contribution in [3.05, 3.63) is 53.9 Å². The maximum Gasteiger partial charge on any atom is 0.267 e. The van der Waals surface area contributed by atoms with E-state index in [1.54, 1.807) is 10.6 Å². The minimum absolute atomic E-state index is 0.234. The van der Waals surface area contributed by atoms with Crippen molar-refractivity contribution in [1.82, 2.24) is 14.6 Å². The monoisotopic (exact) mass is 397 g/mol. The number of hydrogen-bond donors (Lipinski definition) is 1. The summed E-state index contributed by atoms with van der Waals surface area (Å²) in [5, 5.41) is 4.75. The Bertz CT molecular complexity index is 905. The number of primary amides is 1. The second-order valence-electron chi connectivity index (χ2n) is 6.22. The highest BCUT2D eigenvalue weighted by Crippen LogP contribution is 2.23. The van der Waals surface area contributed by atoms with Gasteiger partial charge < -0.3 is 15.4 Å². The molecule has 1 saturated heterocycles. The molecule has 156 valence electrons. The molecular formula is C22H31N5O2. The Morgan fingerprint density at radius 1 is 1.24 bits per heavy atom. The number of fused-ring (bicyclic) bond motifs is 1. The van der Waals surface area contributed by atoms with E-state index < -0.39 is 5.91 Å². The Balaban J connectivity index is 0.00000145. The summed E-state index contributed by atoms with van der Waals surface area (Å²) in [4.78, 5) is 18.3. The minimum Gasteiger partial charge on any atom is -0.378 e. The molecule has 2 aromatic heterocycles. The van der Waals surface area contributed by atoms with Crippen LogP contribution in [0.2, 0.25) is 0 Å². The predicted molar refractivity (Wildman–Crippen MR) is 118 cm³/mol. The van der Waals surface area contributed by atoms with Gasteiger partial charge in [-0.1, -0.05) is 51.2 Å². The molecule has 0 spiro atoms. The van der Waals surface area contributed by atoms with Crippen LogP contribution in [-0.2, 0) is 4.74 Å². The Hall–Kier alpha value is -2.93. The Kier molecular flexibility index (Phi) is 8.61. The molecule has 0 radical (unpaired) electrons. The normalized spacial score (nSPS) is 15.2. The molecule has 3 heterocycles. The molecule has 1 amide bonds. The zero-order chi connectivity index (χ0) is 21.2. The molecule has 0 aliphatic carbocycles. The molecule has 3 rings (SSSR count). The van der Waals surface area contributed by atoms with Crippen molar-refractivity contribution in [3.8, 4) is 0 Å². The molecule has 0 aromatic carbocycles. The lowest BCUT2D eigenvalue weighted by Crippen LogP contribution is -2.37. The number of rotatable bonds is 6. The van der Waals surface area contributed by atoms with Crippen molar-refractivity contribution >= 4 is 22.9 Å². The van der Waals surface area contributed by atoms with Gasteiger partial charge in [0.05, 0.1) is 18.9 Å². The van der Waals surface area contributed by atoms with E-state index >= 15 is 0 Å². The number of hydrogen-bond acceptors (Lipinski definition) is 5. The van der Waals surface area contributed by atoms with Gasteiger partial charge in [0.15, 0.2) is 5.65 Å². The number of allylic oxidation sites excluding steroid dienone is 6. The highest BCUT2D eigenvalue weighted by Gasteiger charge is 2.19. The third-order valence-electron chi connectivity index (χ3n) is 4.29. The lowest BCUT2D eigenvalue weighted by molar-refractivity contribution is 0.0995. The van der Waals surface area contributed by atoms with Gasteiger partial charge in [-0.05, 0) is 13.3 Å². The van der Waals surface area contributed by atoms with Crippen LogP contribution in [0.15, 0.2) is 42.5 Å². The van der Waals surface area contributed by atoms with Gasteiger partial charge in [0.25, 0.3) is 5.91 Å². The summed E-state index contributed by atoms with van der Waals surface area (Å²) in [7, 11) is 0. The van der Waals surface area contributed by atoms with Crippen molar-refractivity contribution in [2.75, 3.05) is 31.2 Å². The van der Waals surface area contributed by atoms with Gasteiger partial charge in [-0.2, -0.15) is 9.61 Å². The molecule has 2 N–H and O–H groups in total. The summed E-state index contributed by atoms with van der Waals surface area (Å²) in [6.07, 6.45) is 11.1. The molecule has 2 aromatic rings. The van der Waals surface area contributed by atoms with Crippen molar-refractivity contribution in [1.29, 1.82) is 0 Å². The zero-order valence-electron chi connectivity index (χ0n) is 17.8. The minimum atomic E-state index is -0.551. The highest BCUT2D eigenvalue weighted by molar-refractivity contribution is 5.92. The average molecular weight is 398 g/mol. The first-order valence-electron chi connectivity index (χ1n) is 10.2. The van der Waals surface area contributed by atoms with E-state index in [0.29, 0.717) is 18.9 Å². The fraction of sp³-hybridized carbons (Fsp3) is 0.409. The van der Waals surface area contributed by atoms with Crippen molar-refractivity contribution < 1.29 is 9.53 Å². The molecule has 0 bridgehead atoms. The van der Waals surface area contributed by atoms with Crippen LogP contribution in [0.5, 0.6) is 0 Å². The summed E-state index contributed by atoms with van der Waals surface area (Å²) in [5.41, 5.74) is 8.08.